The highest BCUT2D eigenvalue weighted by atomic mass is 16.5. The van der Waals surface area contributed by atoms with Crippen LogP contribution in [-0.2, 0) is 5.41 Å². The Kier molecular flexibility index (Phi) is 7.39. The normalized spacial score (nSPS) is 12.9. The van der Waals surface area contributed by atoms with Gasteiger partial charge < -0.3 is 4.74 Å². The van der Waals surface area contributed by atoms with Crippen LogP contribution >= 0.6 is 0 Å². The molecule has 1 spiro atoms. The summed E-state index contributed by atoms with van der Waals surface area (Å²) in [4.78, 5) is 10.2. The van der Waals surface area contributed by atoms with Gasteiger partial charge in [-0.05, 0) is 57.1 Å². The van der Waals surface area contributed by atoms with Crippen molar-refractivity contribution >= 4 is 0 Å². The molecule has 0 saturated carbocycles. The summed E-state index contributed by atoms with van der Waals surface area (Å²) in [5.41, 5.74) is 16.2. The van der Waals surface area contributed by atoms with Crippen molar-refractivity contribution in [2.75, 3.05) is 0 Å². The van der Waals surface area contributed by atoms with Crippen molar-refractivity contribution in [3.05, 3.63) is 229 Å². The molecule has 3 heteroatoms. The number of para-hydroxylation sites is 2. The Morgan fingerprint density at radius 1 is 0.321 bits per heavy atom. The summed E-state index contributed by atoms with van der Waals surface area (Å²) in [6.07, 6.45) is 0. The van der Waals surface area contributed by atoms with Gasteiger partial charge in [-0.15, -0.1) is 0 Å². The summed E-state index contributed by atoms with van der Waals surface area (Å²) < 4.78 is 6.93. The van der Waals surface area contributed by atoms with E-state index in [-0.39, 0.29) is 0 Å². The van der Waals surface area contributed by atoms with E-state index in [1.165, 1.54) is 27.8 Å². The molecule has 0 unspecified atom stereocenters. The van der Waals surface area contributed by atoms with Gasteiger partial charge in [0.25, 0.3) is 0 Å². The fourth-order valence-electron chi connectivity index (χ4n) is 8.88. The van der Waals surface area contributed by atoms with E-state index in [0.29, 0.717) is 5.82 Å². The lowest BCUT2D eigenvalue weighted by atomic mass is 9.65. The number of nitrogens with zero attached hydrogens (tertiary/aromatic N) is 2. The smallest absolute Gasteiger partial charge is 0.160 e. The first kappa shape index (κ1) is 32.1. The van der Waals surface area contributed by atoms with E-state index >= 15 is 0 Å². The number of fused-ring (bicyclic) bond motifs is 9. The minimum atomic E-state index is -0.492. The second-order valence-corrected chi connectivity index (χ2v) is 14.5. The van der Waals surface area contributed by atoms with Gasteiger partial charge in [-0.2, -0.15) is 0 Å². The van der Waals surface area contributed by atoms with Gasteiger partial charge in [0, 0.05) is 33.4 Å². The minimum Gasteiger partial charge on any atom is -0.456 e. The van der Waals surface area contributed by atoms with Crippen LogP contribution in [0.25, 0.3) is 67.3 Å². The Morgan fingerprint density at radius 3 is 1.46 bits per heavy atom. The van der Waals surface area contributed by atoms with Gasteiger partial charge in [-0.3, -0.25) is 0 Å². The van der Waals surface area contributed by atoms with Crippen molar-refractivity contribution in [1.29, 1.82) is 0 Å². The molecule has 1 aromatic heterocycles. The first-order valence-electron chi connectivity index (χ1n) is 19.1. The number of hydrogen-bond donors (Lipinski definition) is 0. The Balaban J connectivity index is 1.000. The summed E-state index contributed by atoms with van der Waals surface area (Å²) in [5, 5.41) is 0. The third-order valence-electron chi connectivity index (χ3n) is 11.4. The van der Waals surface area contributed by atoms with Crippen molar-refractivity contribution in [3.63, 3.8) is 0 Å². The van der Waals surface area contributed by atoms with Crippen LogP contribution in [0.5, 0.6) is 11.5 Å². The fourth-order valence-corrected chi connectivity index (χ4v) is 8.88. The van der Waals surface area contributed by atoms with Crippen molar-refractivity contribution in [2.24, 2.45) is 0 Å². The number of ether oxygens (including phenoxy) is 1. The van der Waals surface area contributed by atoms with Crippen LogP contribution in [0.3, 0.4) is 0 Å². The van der Waals surface area contributed by atoms with E-state index < -0.39 is 5.41 Å². The first-order valence-corrected chi connectivity index (χ1v) is 19.1. The van der Waals surface area contributed by atoms with Crippen LogP contribution in [0.1, 0.15) is 22.3 Å². The van der Waals surface area contributed by atoms with Crippen LogP contribution in [0.15, 0.2) is 206 Å². The molecule has 56 heavy (non-hydrogen) atoms. The van der Waals surface area contributed by atoms with E-state index in [2.05, 4.69) is 170 Å². The molecule has 1 aliphatic heterocycles. The van der Waals surface area contributed by atoms with Crippen molar-refractivity contribution in [2.45, 2.75) is 5.41 Å². The van der Waals surface area contributed by atoms with Gasteiger partial charge in [0.15, 0.2) is 5.82 Å². The van der Waals surface area contributed by atoms with Gasteiger partial charge in [-0.25, -0.2) is 9.97 Å². The van der Waals surface area contributed by atoms with E-state index in [1.807, 2.05) is 36.4 Å². The third kappa shape index (κ3) is 4.98. The number of rotatable bonds is 5. The second-order valence-electron chi connectivity index (χ2n) is 14.5. The topological polar surface area (TPSA) is 35.0 Å². The molecule has 0 atom stereocenters. The molecule has 1 aliphatic carbocycles. The van der Waals surface area contributed by atoms with Gasteiger partial charge in [0.05, 0.1) is 16.8 Å². The van der Waals surface area contributed by atoms with E-state index in [9.17, 15) is 0 Å². The SMILES string of the molecule is c1ccc(-c2cc(-c3ccccc3)nc(-c3cccc(-c4ccc(-c5cccc6c5Oc5ccccc5C65c6ccccc6-c6ccccc65)cc4)c3)n2)cc1. The standard InChI is InChI=1S/C53H34N2O/c1-3-15-37(16-4-1)48-34-49(38-17-5-2-6-18-38)55-52(54-48)40-20-13-19-39(33-40)35-29-31-36(32-30-35)41-23-14-27-47-51(41)56-50-28-12-11-26-46(50)53(47)44-24-9-7-21-42(44)43-22-8-10-25-45(43)53/h1-34H. The molecule has 9 aromatic rings. The molecule has 2 aliphatic rings. The summed E-state index contributed by atoms with van der Waals surface area (Å²) in [7, 11) is 0. The molecular formula is C53H34N2O. The monoisotopic (exact) mass is 714 g/mol. The van der Waals surface area contributed by atoms with Gasteiger partial charge in [0.1, 0.15) is 11.5 Å². The predicted molar refractivity (Wildman–Crippen MR) is 227 cm³/mol. The maximum atomic E-state index is 6.93. The molecule has 3 nitrogen and oxygen atoms in total. The maximum absolute atomic E-state index is 6.93. The molecule has 0 saturated heterocycles. The Hall–Kier alpha value is -7.36. The molecule has 0 radical (unpaired) electrons. The maximum Gasteiger partial charge on any atom is 0.160 e. The number of aromatic nitrogens is 2. The Labute approximate surface area is 326 Å². The summed E-state index contributed by atoms with van der Waals surface area (Å²) >= 11 is 0. The molecule has 0 N–H and O–H groups in total. The van der Waals surface area contributed by atoms with Gasteiger partial charge >= 0.3 is 0 Å². The lowest BCUT2D eigenvalue weighted by molar-refractivity contribution is 0.438. The van der Waals surface area contributed by atoms with Gasteiger partial charge in [-0.1, -0.05) is 188 Å². The van der Waals surface area contributed by atoms with Crippen LogP contribution in [0.2, 0.25) is 0 Å². The lowest BCUT2D eigenvalue weighted by Crippen LogP contribution is -2.32. The highest BCUT2D eigenvalue weighted by Gasteiger charge is 2.51. The molecule has 8 aromatic carbocycles. The quantitative estimate of drug-likeness (QED) is 0.178. The zero-order valence-corrected chi connectivity index (χ0v) is 30.4. The average molecular weight is 715 g/mol. The first-order chi connectivity index (χ1) is 27.8. The van der Waals surface area contributed by atoms with E-state index in [1.54, 1.807) is 0 Å². The zero-order chi connectivity index (χ0) is 37.1. The molecule has 2 heterocycles. The average Bonchev–Trinajstić information content (AvgIpc) is 3.57. The second kappa shape index (κ2) is 12.9. The number of benzene rings is 8. The zero-order valence-electron chi connectivity index (χ0n) is 30.4. The summed E-state index contributed by atoms with van der Waals surface area (Å²) in [6, 6.07) is 73.0. The van der Waals surface area contributed by atoms with Crippen molar-refractivity contribution < 1.29 is 4.74 Å². The highest BCUT2D eigenvalue weighted by Crippen LogP contribution is 2.63. The Bertz CT molecular complexity index is 2830. The summed E-state index contributed by atoms with van der Waals surface area (Å²) in [5.74, 6) is 2.49. The lowest BCUT2D eigenvalue weighted by Gasteiger charge is -2.40. The molecule has 0 bridgehead atoms. The fraction of sp³-hybridized carbons (Fsp3) is 0.0189. The van der Waals surface area contributed by atoms with Crippen LogP contribution in [0.4, 0.5) is 0 Å². The largest absolute Gasteiger partial charge is 0.456 e. The predicted octanol–water partition coefficient (Wildman–Crippen LogP) is 13.3. The van der Waals surface area contributed by atoms with Crippen LogP contribution in [-0.4, -0.2) is 9.97 Å². The van der Waals surface area contributed by atoms with Crippen LogP contribution < -0.4 is 4.74 Å². The highest BCUT2D eigenvalue weighted by molar-refractivity contribution is 5.90. The Morgan fingerprint density at radius 2 is 0.804 bits per heavy atom. The van der Waals surface area contributed by atoms with Crippen molar-refractivity contribution in [3.8, 4) is 78.8 Å². The molecule has 0 fully saturated rings. The van der Waals surface area contributed by atoms with E-state index in [0.717, 1.165) is 67.4 Å². The van der Waals surface area contributed by atoms with Crippen molar-refractivity contribution in [1.82, 2.24) is 9.97 Å². The van der Waals surface area contributed by atoms with Crippen LogP contribution in [0, 0.1) is 0 Å². The molecule has 262 valence electrons. The number of hydrogen-bond acceptors (Lipinski definition) is 3. The van der Waals surface area contributed by atoms with E-state index in [4.69, 9.17) is 14.7 Å². The molecular weight excluding hydrogens is 681 g/mol. The molecule has 11 rings (SSSR count). The van der Waals surface area contributed by atoms with Gasteiger partial charge in [0.2, 0.25) is 0 Å². The minimum absolute atomic E-state index is 0.492. The molecule has 0 amide bonds. The third-order valence-corrected chi connectivity index (χ3v) is 11.4. The summed E-state index contributed by atoms with van der Waals surface area (Å²) in [6.45, 7) is 0.